The molecule has 6 heteroatoms. The summed E-state index contributed by atoms with van der Waals surface area (Å²) in [6.45, 7) is 2.85. The zero-order valence-corrected chi connectivity index (χ0v) is 16.1. The van der Waals surface area contributed by atoms with Crippen LogP contribution in [0.15, 0.2) is 36.4 Å². The van der Waals surface area contributed by atoms with Crippen molar-refractivity contribution in [1.82, 2.24) is 4.90 Å². The normalized spacial score (nSPS) is 12.3. The number of nitrogens with zero attached hydrogens (tertiary/aromatic N) is 1. The van der Waals surface area contributed by atoms with E-state index in [0.717, 1.165) is 36.2 Å². The van der Waals surface area contributed by atoms with Crippen LogP contribution in [0.1, 0.15) is 38.3 Å². The van der Waals surface area contributed by atoms with Gasteiger partial charge in [-0.3, -0.25) is 9.59 Å². The summed E-state index contributed by atoms with van der Waals surface area (Å²) >= 11 is 0. The van der Waals surface area contributed by atoms with Gasteiger partial charge in [-0.15, -0.1) is 12.4 Å². The zero-order valence-electron chi connectivity index (χ0n) is 15.3. The van der Waals surface area contributed by atoms with E-state index in [2.05, 4.69) is 10.6 Å². The Bertz CT molecular complexity index is 834. The van der Waals surface area contributed by atoms with Gasteiger partial charge >= 0.3 is 0 Å². The van der Waals surface area contributed by atoms with Crippen LogP contribution in [0.5, 0.6) is 0 Å². The minimum Gasteiger partial charge on any atom is -0.385 e. The number of fused-ring (bicyclic) bond motifs is 1. The number of carbonyl (C=O) groups is 2. The second-order valence-electron chi connectivity index (χ2n) is 6.55. The lowest BCUT2D eigenvalue weighted by molar-refractivity contribution is 0.0827. The van der Waals surface area contributed by atoms with E-state index in [9.17, 15) is 9.59 Å². The SMILES string of the molecule is Cc1ccc(C(=O)N(C)C)cc1NC(=O)c1cccc2c1CCCN2.Cl. The Kier molecular flexibility index (Phi) is 6.27. The maximum atomic E-state index is 12.8. The summed E-state index contributed by atoms with van der Waals surface area (Å²) in [4.78, 5) is 26.5. The van der Waals surface area contributed by atoms with Crippen LogP contribution < -0.4 is 10.6 Å². The van der Waals surface area contributed by atoms with E-state index >= 15 is 0 Å². The van der Waals surface area contributed by atoms with E-state index in [1.54, 1.807) is 26.2 Å². The van der Waals surface area contributed by atoms with Crippen molar-refractivity contribution in [3.8, 4) is 0 Å². The number of carbonyl (C=O) groups excluding carboxylic acids is 2. The molecule has 0 saturated heterocycles. The van der Waals surface area contributed by atoms with E-state index in [1.165, 1.54) is 4.90 Å². The molecule has 1 aliphatic rings. The number of hydrogen-bond acceptors (Lipinski definition) is 3. The number of anilines is 2. The lowest BCUT2D eigenvalue weighted by atomic mass is 9.97. The van der Waals surface area contributed by atoms with Crippen molar-refractivity contribution < 1.29 is 9.59 Å². The highest BCUT2D eigenvalue weighted by Gasteiger charge is 2.18. The third kappa shape index (κ3) is 3.99. The molecule has 138 valence electrons. The fraction of sp³-hybridized carbons (Fsp3) is 0.300. The van der Waals surface area contributed by atoms with Crippen molar-refractivity contribution in [3.63, 3.8) is 0 Å². The van der Waals surface area contributed by atoms with E-state index < -0.39 is 0 Å². The topological polar surface area (TPSA) is 61.4 Å². The van der Waals surface area contributed by atoms with Gasteiger partial charge in [-0.05, 0) is 55.2 Å². The van der Waals surface area contributed by atoms with Gasteiger partial charge < -0.3 is 15.5 Å². The smallest absolute Gasteiger partial charge is 0.256 e. The van der Waals surface area contributed by atoms with E-state index in [1.807, 2.05) is 31.2 Å². The molecule has 0 radical (unpaired) electrons. The fourth-order valence-electron chi connectivity index (χ4n) is 3.06. The molecule has 5 nitrogen and oxygen atoms in total. The Morgan fingerprint density at radius 3 is 2.65 bits per heavy atom. The van der Waals surface area contributed by atoms with Gasteiger partial charge in [0.05, 0.1) is 0 Å². The van der Waals surface area contributed by atoms with Gasteiger partial charge in [0.1, 0.15) is 0 Å². The first-order valence-electron chi connectivity index (χ1n) is 8.47. The second-order valence-corrected chi connectivity index (χ2v) is 6.55. The maximum absolute atomic E-state index is 12.8. The van der Waals surface area contributed by atoms with Crippen LogP contribution in [0.25, 0.3) is 0 Å². The molecule has 0 saturated carbocycles. The van der Waals surface area contributed by atoms with E-state index in [-0.39, 0.29) is 24.2 Å². The van der Waals surface area contributed by atoms with Crippen molar-refractivity contribution in [2.24, 2.45) is 0 Å². The summed E-state index contributed by atoms with van der Waals surface area (Å²) < 4.78 is 0. The maximum Gasteiger partial charge on any atom is 0.256 e. The van der Waals surface area contributed by atoms with Gasteiger partial charge in [0.2, 0.25) is 0 Å². The number of aryl methyl sites for hydroxylation is 1. The Hall–Kier alpha value is -2.53. The molecule has 2 amide bonds. The standard InChI is InChI=1S/C20H23N3O2.ClH/c1-13-9-10-14(20(25)23(2)3)12-18(13)22-19(24)16-6-4-8-17-15(16)7-5-11-21-17;/h4,6,8-10,12,21H,5,7,11H2,1-3H3,(H,22,24);1H. The van der Waals surface area contributed by atoms with Crippen LogP contribution in [0.4, 0.5) is 11.4 Å². The van der Waals surface area contributed by atoms with Gasteiger partial charge in [-0.1, -0.05) is 12.1 Å². The lowest BCUT2D eigenvalue weighted by Gasteiger charge is -2.21. The predicted molar refractivity (Wildman–Crippen MR) is 108 cm³/mol. The third-order valence-electron chi connectivity index (χ3n) is 4.48. The molecule has 1 aliphatic heterocycles. The quantitative estimate of drug-likeness (QED) is 0.861. The Labute approximate surface area is 160 Å². The summed E-state index contributed by atoms with van der Waals surface area (Å²) in [6.07, 6.45) is 1.91. The van der Waals surface area contributed by atoms with Crippen molar-refractivity contribution in [2.45, 2.75) is 19.8 Å². The molecule has 26 heavy (non-hydrogen) atoms. The summed E-state index contributed by atoms with van der Waals surface area (Å²) in [5, 5.41) is 6.31. The monoisotopic (exact) mass is 373 g/mol. The average molecular weight is 374 g/mol. The van der Waals surface area contributed by atoms with Gasteiger partial charge in [-0.25, -0.2) is 0 Å². The lowest BCUT2D eigenvalue weighted by Crippen LogP contribution is -2.22. The first-order valence-corrected chi connectivity index (χ1v) is 8.47. The molecule has 0 spiro atoms. The molecule has 2 N–H and O–H groups in total. The summed E-state index contributed by atoms with van der Waals surface area (Å²) in [6, 6.07) is 11.1. The van der Waals surface area contributed by atoms with Gasteiger partial charge in [0.25, 0.3) is 11.8 Å². The highest BCUT2D eigenvalue weighted by Crippen LogP contribution is 2.26. The zero-order chi connectivity index (χ0) is 18.0. The molecule has 0 atom stereocenters. The second kappa shape index (κ2) is 8.23. The van der Waals surface area contributed by atoms with Gasteiger partial charge in [0.15, 0.2) is 0 Å². The minimum absolute atomic E-state index is 0. The van der Waals surface area contributed by atoms with Crippen LogP contribution in [0.3, 0.4) is 0 Å². The molecule has 2 aromatic carbocycles. The van der Waals surface area contributed by atoms with E-state index in [4.69, 9.17) is 0 Å². The summed E-state index contributed by atoms with van der Waals surface area (Å²) in [5.74, 6) is -0.227. The van der Waals surface area contributed by atoms with Crippen LogP contribution in [-0.2, 0) is 6.42 Å². The van der Waals surface area contributed by atoms with E-state index in [0.29, 0.717) is 16.8 Å². The minimum atomic E-state index is -0.141. The molecular formula is C20H24ClN3O2. The third-order valence-corrected chi connectivity index (χ3v) is 4.48. The number of nitrogens with one attached hydrogen (secondary N) is 2. The van der Waals surface area contributed by atoms with Crippen LogP contribution in [0, 0.1) is 6.92 Å². The molecule has 0 fully saturated rings. The van der Waals surface area contributed by atoms with Crippen molar-refractivity contribution in [3.05, 3.63) is 58.7 Å². The summed E-state index contributed by atoms with van der Waals surface area (Å²) in [7, 11) is 3.42. The largest absolute Gasteiger partial charge is 0.385 e. The van der Waals surface area contributed by atoms with Crippen LogP contribution in [0.2, 0.25) is 0 Å². The van der Waals surface area contributed by atoms with Crippen molar-refractivity contribution >= 4 is 35.6 Å². The number of benzene rings is 2. The Balaban J connectivity index is 0.00000243. The van der Waals surface area contributed by atoms with Crippen LogP contribution >= 0.6 is 12.4 Å². The first-order chi connectivity index (χ1) is 12.0. The predicted octanol–water partition coefficient (Wildman–Crippen LogP) is 3.73. The van der Waals surface area contributed by atoms with Gasteiger partial charge in [-0.2, -0.15) is 0 Å². The fourth-order valence-corrected chi connectivity index (χ4v) is 3.06. The van der Waals surface area contributed by atoms with Gasteiger partial charge in [0, 0.05) is 43.1 Å². The van der Waals surface area contributed by atoms with Crippen molar-refractivity contribution in [2.75, 3.05) is 31.3 Å². The number of rotatable bonds is 3. The highest BCUT2D eigenvalue weighted by atomic mass is 35.5. The molecular weight excluding hydrogens is 350 g/mol. The summed E-state index contributed by atoms with van der Waals surface area (Å²) in [5.41, 5.74) is 4.93. The molecule has 0 aliphatic carbocycles. The number of halogens is 1. The Morgan fingerprint density at radius 1 is 1.15 bits per heavy atom. The molecule has 0 bridgehead atoms. The van der Waals surface area contributed by atoms with Crippen LogP contribution in [-0.4, -0.2) is 37.4 Å². The average Bonchev–Trinajstić information content (AvgIpc) is 2.62. The molecule has 0 aromatic heterocycles. The Morgan fingerprint density at radius 2 is 1.92 bits per heavy atom. The van der Waals surface area contributed by atoms with Crippen molar-refractivity contribution in [1.29, 1.82) is 0 Å². The molecule has 3 rings (SSSR count). The number of amides is 2. The molecule has 2 aromatic rings. The molecule has 0 unspecified atom stereocenters. The molecule has 1 heterocycles. The highest BCUT2D eigenvalue weighted by molar-refractivity contribution is 6.07. The first kappa shape index (κ1) is 19.8. The number of hydrogen-bond donors (Lipinski definition) is 2.